The van der Waals surface area contributed by atoms with E-state index in [1.807, 2.05) is 0 Å². The lowest BCUT2D eigenvalue weighted by Gasteiger charge is -2.19. The van der Waals surface area contributed by atoms with Crippen molar-refractivity contribution in [2.24, 2.45) is 0 Å². The molecule has 0 radical (unpaired) electrons. The summed E-state index contributed by atoms with van der Waals surface area (Å²) in [6.07, 6.45) is 0. The second-order valence-corrected chi connectivity index (χ2v) is 16.9. The summed E-state index contributed by atoms with van der Waals surface area (Å²) in [6.45, 7) is 13.7. The van der Waals surface area contributed by atoms with E-state index in [4.69, 9.17) is 0 Å². The largest absolute Gasteiger partial charge is 0.309 e. The zero-order chi connectivity index (χ0) is 33.5. The third-order valence-electron chi connectivity index (χ3n) is 9.77. The van der Waals surface area contributed by atoms with Crippen molar-refractivity contribution >= 4 is 75.5 Å². The third-order valence-corrected chi connectivity index (χ3v) is 10.8. The van der Waals surface area contributed by atoms with E-state index in [1.54, 1.807) is 0 Å². The van der Waals surface area contributed by atoms with Crippen LogP contribution in [0.1, 0.15) is 52.7 Å². The quantitative estimate of drug-likeness (QED) is 0.170. The third kappa shape index (κ3) is 5.21. The monoisotopic (exact) mass is 752 g/mol. The van der Waals surface area contributed by atoms with Gasteiger partial charge in [0.2, 0.25) is 0 Å². The zero-order valence-corrected chi connectivity index (χ0v) is 31.4. The molecule has 0 bridgehead atoms. The summed E-state index contributed by atoms with van der Waals surface area (Å²) in [5.74, 6) is 0. The molecule has 2 nitrogen and oxygen atoms in total. The van der Waals surface area contributed by atoms with Gasteiger partial charge in [-0.15, -0.1) is 0 Å². The normalized spacial score (nSPS) is 12.6. The van der Waals surface area contributed by atoms with E-state index in [0.29, 0.717) is 0 Å². The number of rotatable bonds is 3. The van der Waals surface area contributed by atoms with Crippen LogP contribution in [0, 0.1) is 0 Å². The van der Waals surface area contributed by atoms with Crippen LogP contribution in [0.5, 0.6) is 0 Å². The van der Waals surface area contributed by atoms with Gasteiger partial charge in [0.25, 0.3) is 0 Å². The molecule has 0 aliphatic rings. The molecule has 238 valence electrons. The van der Waals surface area contributed by atoms with Gasteiger partial charge >= 0.3 is 0 Å². The van der Waals surface area contributed by atoms with Crippen LogP contribution in [0.15, 0.2) is 130 Å². The molecule has 0 aliphatic heterocycles. The van der Waals surface area contributed by atoms with Gasteiger partial charge in [-0.1, -0.05) is 122 Å². The smallest absolute Gasteiger partial charge is 0.0552 e. The maximum absolute atomic E-state index is 3.73. The number of fused-ring (bicyclic) bond motifs is 6. The summed E-state index contributed by atoms with van der Waals surface area (Å²) in [7, 11) is 0. The predicted octanol–water partition coefficient (Wildman–Crippen LogP) is 13.7. The summed E-state index contributed by atoms with van der Waals surface area (Å²) in [6, 6.07) is 45.1. The van der Waals surface area contributed by atoms with Crippen molar-refractivity contribution < 1.29 is 0 Å². The highest BCUT2D eigenvalue weighted by molar-refractivity contribution is 9.10. The molecule has 8 aromatic rings. The first-order chi connectivity index (χ1) is 22.9. The number of hydrogen-bond donors (Lipinski definition) is 0. The number of aromatic nitrogens is 2. The Bertz CT molecular complexity index is 2340. The fourth-order valence-corrected chi connectivity index (χ4v) is 7.78. The maximum Gasteiger partial charge on any atom is 0.0552 e. The predicted molar refractivity (Wildman–Crippen MR) is 213 cm³/mol. The Morgan fingerprint density at radius 3 is 1.10 bits per heavy atom. The summed E-state index contributed by atoms with van der Waals surface area (Å²) in [5, 5.41) is 5.11. The van der Waals surface area contributed by atoms with Crippen LogP contribution >= 0.6 is 31.9 Å². The van der Waals surface area contributed by atoms with Crippen LogP contribution in [0.3, 0.4) is 0 Å². The molecule has 0 N–H and O–H groups in total. The first-order valence-electron chi connectivity index (χ1n) is 16.6. The Kier molecular flexibility index (Phi) is 7.28. The van der Waals surface area contributed by atoms with Gasteiger partial charge in [0.1, 0.15) is 0 Å². The average molecular weight is 755 g/mol. The molecule has 0 aliphatic carbocycles. The number of hydrogen-bond acceptors (Lipinski definition) is 0. The van der Waals surface area contributed by atoms with Gasteiger partial charge in [-0.3, -0.25) is 0 Å². The van der Waals surface area contributed by atoms with Crippen molar-refractivity contribution in [2.75, 3.05) is 0 Å². The lowest BCUT2D eigenvalue weighted by atomic mass is 9.86. The van der Waals surface area contributed by atoms with E-state index in [1.165, 1.54) is 65.9 Å². The van der Waals surface area contributed by atoms with Crippen LogP contribution in [0.4, 0.5) is 0 Å². The van der Waals surface area contributed by atoms with E-state index in [9.17, 15) is 0 Å². The number of nitrogens with zero attached hydrogens (tertiary/aromatic N) is 2. The SMILES string of the molecule is CC(C)(C)c1ccc2c(c1)c1ccc(Br)cc1n2-c1ccc(-c2ccc(-n3c4ccc(C(C)(C)C)cc4c4ccc(Br)cc43)cc2)cc1. The molecule has 0 unspecified atom stereocenters. The molecular weight excluding hydrogens is 716 g/mol. The Hall–Kier alpha value is -4.12. The first-order valence-corrected chi connectivity index (χ1v) is 18.2. The van der Waals surface area contributed by atoms with Crippen molar-refractivity contribution in [3.05, 3.63) is 141 Å². The number of halogens is 2. The van der Waals surface area contributed by atoms with Crippen molar-refractivity contribution in [1.82, 2.24) is 9.13 Å². The van der Waals surface area contributed by atoms with Gasteiger partial charge < -0.3 is 9.13 Å². The Balaban J connectivity index is 1.19. The molecular formula is C44H38Br2N2. The van der Waals surface area contributed by atoms with Crippen LogP contribution in [0.2, 0.25) is 0 Å². The molecule has 6 aromatic carbocycles. The standard InChI is InChI=1S/C44H38Br2N2/c1-43(2,3)29-11-21-39-37(23-29)35-19-13-31(45)25-41(35)47(39)33-15-7-27(8-16-33)28-9-17-34(18-10-28)48-40-22-12-30(44(4,5)6)24-38(40)36-20-14-32(46)26-42(36)48/h7-26H,1-6H3. The van der Waals surface area contributed by atoms with E-state index < -0.39 is 0 Å². The molecule has 0 atom stereocenters. The lowest BCUT2D eigenvalue weighted by Crippen LogP contribution is -2.10. The number of benzene rings is 6. The van der Waals surface area contributed by atoms with Crippen LogP contribution < -0.4 is 0 Å². The van der Waals surface area contributed by atoms with Gasteiger partial charge in [-0.05, 0) is 106 Å². The van der Waals surface area contributed by atoms with E-state index in [0.717, 1.165) is 20.3 Å². The van der Waals surface area contributed by atoms with Gasteiger partial charge in [0.15, 0.2) is 0 Å². The molecule has 0 saturated heterocycles. The maximum atomic E-state index is 3.73. The Morgan fingerprint density at radius 2 is 0.750 bits per heavy atom. The molecule has 48 heavy (non-hydrogen) atoms. The highest BCUT2D eigenvalue weighted by Crippen LogP contribution is 2.39. The van der Waals surface area contributed by atoms with Crippen LogP contribution in [-0.4, -0.2) is 9.13 Å². The average Bonchev–Trinajstić information content (AvgIpc) is 3.55. The van der Waals surface area contributed by atoms with Crippen molar-refractivity contribution in [3.8, 4) is 22.5 Å². The minimum atomic E-state index is 0.0867. The molecule has 2 aromatic heterocycles. The van der Waals surface area contributed by atoms with Crippen molar-refractivity contribution in [1.29, 1.82) is 0 Å². The van der Waals surface area contributed by atoms with Gasteiger partial charge in [0, 0.05) is 41.9 Å². The second-order valence-electron chi connectivity index (χ2n) is 15.1. The molecule has 8 rings (SSSR count). The fourth-order valence-electron chi connectivity index (χ4n) is 7.08. The van der Waals surface area contributed by atoms with E-state index in [-0.39, 0.29) is 10.8 Å². The molecule has 0 saturated carbocycles. The summed E-state index contributed by atoms with van der Waals surface area (Å²) >= 11 is 7.46. The minimum Gasteiger partial charge on any atom is -0.309 e. The van der Waals surface area contributed by atoms with Gasteiger partial charge in [-0.25, -0.2) is 0 Å². The minimum absolute atomic E-state index is 0.0867. The van der Waals surface area contributed by atoms with Gasteiger partial charge in [-0.2, -0.15) is 0 Å². The first kappa shape index (κ1) is 31.2. The summed E-state index contributed by atoms with van der Waals surface area (Å²) in [5.41, 5.74) is 12.4. The highest BCUT2D eigenvalue weighted by Gasteiger charge is 2.20. The highest BCUT2D eigenvalue weighted by atomic mass is 79.9. The van der Waals surface area contributed by atoms with Crippen LogP contribution in [0.25, 0.3) is 66.1 Å². The van der Waals surface area contributed by atoms with Crippen molar-refractivity contribution in [2.45, 2.75) is 52.4 Å². The Morgan fingerprint density at radius 1 is 0.375 bits per heavy atom. The summed E-state index contributed by atoms with van der Waals surface area (Å²) in [4.78, 5) is 0. The molecule has 2 heterocycles. The Labute approximate surface area is 299 Å². The van der Waals surface area contributed by atoms with E-state index in [2.05, 4.69) is 204 Å². The van der Waals surface area contributed by atoms with E-state index >= 15 is 0 Å². The van der Waals surface area contributed by atoms with Crippen molar-refractivity contribution in [3.63, 3.8) is 0 Å². The topological polar surface area (TPSA) is 9.86 Å². The second kappa shape index (κ2) is 11.2. The zero-order valence-electron chi connectivity index (χ0n) is 28.2. The van der Waals surface area contributed by atoms with Gasteiger partial charge in [0.05, 0.1) is 22.1 Å². The van der Waals surface area contributed by atoms with Crippen LogP contribution in [-0.2, 0) is 10.8 Å². The molecule has 0 amide bonds. The molecule has 4 heteroatoms. The fraction of sp³-hybridized carbons (Fsp3) is 0.182. The molecule has 0 fully saturated rings. The summed E-state index contributed by atoms with van der Waals surface area (Å²) < 4.78 is 6.94. The lowest BCUT2D eigenvalue weighted by molar-refractivity contribution is 0.591. The molecule has 0 spiro atoms.